The highest BCUT2D eigenvalue weighted by molar-refractivity contribution is 5.25. The molecule has 2 unspecified atom stereocenters. The van der Waals surface area contributed by atoms with E-state index < -0.39 is 0 Å². The molecule has 1 aromatic rings. The number of hydrogen-bond donors (Lipinski definition) is 1. The largest absolute Gasteiger partial charge is 0.324 e. The molecular weight excluding hydrogens is 265 g/mol. The van der Waals surface area contributed by atoms with Crippen LogP contribution in [0.2, 0.25) is 0 Å². The highest BCUT2D eigenvalue weighted by Crippen LogP contribution is 2.19. The van der Waals surface area contributed by atoms with Crippen LogP contribution in [0.3, 0.4) is 0 Å². The smallest absolute Gasteiger partial charge is 0.126 e. The first-order chi connectivity index (χ1) is 9.95. The van der Waals surface area contributed by atoms with Crippen LogP contribution in [0.5, 0.6) is 0 Å². The predicted octanol–water partition coefficient (Wildman–Crippen LogP) is 2.41. The molecule has 2 rings (SSSR count). The summed E-state index contributed by atoms with van der Waals surface area (Å²) in [5.41, 5.74) is 7.76. The molecule has 0 amide bonds. The molecule has 2 N–H and O–H groups in total. The van der Waals surface area contributed by atoms with E-state index in [2.05, 4.69) is 23.9 Å². The van der Waals surface area contributed by atoms with Crippen molar-refractivity contribution in [3.8, 4) is 0 Å². The Kier molecular flexibility index (Phi) is 5.73. The number of nitrogens with two attached hydrogens (primary N) is 1. The Labute approximate surface area is 127 Å². The maximum Gasteiger partial charge on any atom is 0.126 e. The molecule has 1 saturated heterocycles. The van der Waals surface area contributed by atoms with Gasteiger partial charge >= 0.3 is 0 Å². The lowest BCUT2D eigenvalue weighted by Crippen LogP contribution is -2.30. The van der Waals surface area contributed by atoms with E-state index in [4.69, 9.17) is 5.73 Å². The maximum atomic E-state index is 13.6. The van der Waals surface area contributed by atoms with Crippen molar-refractivity contribution in [2.45, 2.75) is 25.8 Å². The summed E-state index contributed by atoms with van der Waals surface area (Å²) in [4.78, 5) is 4.74. The molecule has 21 heavy (non-hydrogen) atoms. The van der Waals surface area contributed by atoms with Gasteiger partial charge in [-0.1, -0.05) is 12.1 Å². The van der Waals surface area contributed by atoms with Crippen molar-refractivity contribution in [2.24, 2.45) is 11.7 Å². The van der Waals surface area contributed by atoms with E-state index in [1.54, 1.807) is 13.0 Å². The van der Waals surface area contributed by atoms with Gasteiger partial charge in [0, 0.05) is 19.1 Å². The minimum Gasteiger partial charge on any atom is -0.324 e. The summed E-state index contributed by atoms with van der Waals surface area (Å²) in [6.45, 7) is 6.26. The number of rotatable bonds is 6. The Morgan fingerprint density at radius 3 is 2.86 bits per heavy atom. The molecule has 2 atom stereocenters. The lowest BCUT2D eigenvalue weighted by Gasteiger charge is -2.22. The normalized spacial score (nSPS) is 21.1. The first-order valence-corrected chi connectivity index (χ1v) is 7.84. The molecule has 0 saturated carbocycles. The second kappa shape index (κ2) is 7.34. The van der Waals surface area contributed by atoms with Crippen molar-refractivity contribution in [2.75, 3.05) is 40.3 Å². The second-order valence-corrected chi connectivity index (χ2v) is 6.58. The summed E-state index contributed by atoms with van der Waals surface area (Å²) in [7, 11) is 4.34. The average Bonchev–Trinajstić information content (AvgIpc) is 2.84. The molecular formula is C17H28FN3. The molecule has 0 spiro atoms. The third-order valence-corrected chi connectivity index (χ3v) is 4.50. The minimum absolute atomic E-state index is 0.0891. The molecule has 1 aliphatic rings. The van der Waals surface area contributed by atoms with E-state index in [-0.39, 0.29) is 11.9 Å². The third-order valence-electron chi connectivity index (χ3n) is 4.50. The third kappa shape index (κ3) is 4.77. The molecule has 118 valence electrons. The fourth-order valence-corrected chi connectivity index (χ4v) is 3.07. The molecule has 1 fully saturated rings. The van der Waals surface area contributed by atoms with Gasteiger partial charge in [0.2, 0.25) is 0 Å². The molecule has 1 aliphatic heterocycles. The summed E-state index contributed by atoms with van der Waals surface area (Å²) >= 11 is 0. The van der Waals surface area contributed by atoms with E-state index >= 15 is 0 Å². The average molecular weight is 293 g/mol. The summed E-state index contributed by atoms with van der Waals surface area (Å²) in [6.07, 6.45) is 2.15. The molecule has 0 aromatic heterocycles. The van der Waals surface area contributed by atoms with Crippen molar-refractivity contribution < 1.29 is 4.39 Å². The van der Waals surface area contributed by atoms with Gasteiger partial charge in [-0.15, -0.1) is 0 Å². The minimum atomic E-state index is -0.162. The zero-order valence-corrected chi connectivity index (χ0v) is 13.5. The number of halogens is 1. The first kappa shape index (κ1) is 16.4. The van der Waals surface area contributed by atoms with Crippen molar-refractivity contribution in [3.63, 3.8) is 0 Å². The van der Waals surface area contributed by atoms with E-state index in [1.165, 1.54) is 19.5 Å². The zero-order chi connectivity index (χ0) is 15.4. The number of likely N-dealkylation sites (tertiary alicyclic amines) is 1. The number of nitrogens with zero attached hydrogens (tertiary/aromatic N) is 2. The van der Waals surface area contributed by atoms with Crippen LogP contribution < -0.4 is 5.73 Å². The zero-order valence-electron chi connectivity index (χ0n) is 13.5. The fraction of sp³-hybridized carbons (Fsp3) is 0.647. The summed E-state index contributed by atoms with van der Waals surface area (Å²) in [5, 5.41) is 0. The Balaban J connectivity index is 1.77. The molecule has 1 heterocycles. The predicted molar refractivity (Wildman–Crippen MR) is 85.8 cm³/mol. The number of hydrogen-bond acceptors (Lipinski definition) is 3. The summed E-state index contributed by atoms with van der Waals surface area (Å²) < 4.78 is 13.6. The van der Waals surface area contributed by atoms with Crippen LogP contribution in [0, 0.1) is 18.7 Å². The Morgan fingerprint density at radius 2 is 2.24 bits per heavy atom. The highest BCUT2D eigenvalue weighted by atomic mass is 19.1. The SMILES string of the molecule is Cc1ccc(C(N)CCN(C)CC2CCN(C)C2)cc1F. The Bertz CT molecular complexity index is 463. The maximum absolute atomic E-state index is 13.6. The molecule has 4 heteroatoms. The molecule has 0 radical (unpaired) electrons. The number of benzene rings is 1. The van der Waals surface area contributed by atoms with E-state index in [1.807, 2.05) is 12.1 Å². The molecule has 1 aromatic carbocycles. The molecule has 3 nitrogen and oxygen atoms in total. The van der Waals surface area contributed by atoms with E-state index in [0.29, 0.717) is 5.56 Å². The van der Waals surface area contributed by atoms with Crippen LogP contribution in [0.1, 0.15) is 30.0 Å². The van der Waals surface area contributed by atoms with Gasteiger partial charge in [-0.3, -0.25) is 0 Å². The van der Waals surface area contributed by atoms with Gasteiger partial charge in [0.25, 0.3) is 0 Å². The van der Waals surface area contributed by atoms with Gasteiger partial charge in [0.05, 0.1) is 0 Å². The standard InChI is InChI=1S/C17H28FN3/c1-13-4-5-15(10-16(13)18)17(19)7-9-21(3)12-14-6-8-20(2)11-14/h4-5,10,14,17H,6-9,11-12,19H2,1-3H3. The Morgan fingerprint density at radius 1 is 1.48 bits per heavy atom. The Hall–Kier alpha value is -0.970. The quantitative estimate of drug-likeness (QED) is 0.874. The fourth-order valence-electron chi connectivity index (χ4n) is 3.07. The van der Waals surface area contributed by atoms with Gasteiger partial charge in [0.15, 0.2) is 0 Å². The van der Waals surface area contributed by atoms with Crippen molar-refractivity contribution in [1.82, 2.24) is 9.80 Å². The lowest BCUT2D eigenvalue weighted by molar-refractivity contribution is 0.265. The van der Waals surface area contributed by atoms with Crippen LogP contribution in [-0.2, 0) is 0 Å². The monoisotopic (exact) mass is 293 g/mol. The van der Waals surface area contributed by atoms with Crippen LogP contribution in [0.4, 0.5) is 4.39 Å². The second-order valence-electron chi connectivity index (χ2n) is 6.58. The van der Waals surface area contributed by atoms with Crippen LogP contribution in [0.15, 0.2) is 18.2 Å². The summed E-state index contributed by atoms with van der Waals surface area (Å²) in [5.74, 6) is 0.610. The first-order valence-electron chi connectivity index (χ1n) is 7.84. The van der Waals surface area contributed by atoms with Crippen molar-refractivity contribution in [3.05, 3.63) is 35.1 Å². The lowest BCUT2D eigenvalue weighted by atomic mass is 10.0. The van der Waals surface area contributed by atoms with Gasteiger partial charge in [-0.2, -0.15) is 0 Å². The van der Waals surface area contributed by atoms with Gasteiger partial charge in [-0.05, 0) is 70.1 Å². The molecule has 0 bridgehead atoms. The van der Waals surface area contributed by atoms with Crippen molar-refractivity contribution >= 4 is 0 Å². The van der Waals surface area contributed by atoms with E-state index in [0.717, 1.165) is 31.0 Å². The summed E-state index contributed by atoms with van der Waals surface area (Å²) in [6, 6.07) is 5.23. The highest BCUT2D eigenvalue weighted by Gasteiger charge is 2.20. The van der Waals surface area contributed by atoms with Gasteiger partial charge in [0.1, 0.15) is 5.82 Å². The van der Waals surface area contributed by atoms with Crippen LogP contribution >= 0.6 is 0 Å². The van der Waals surface area contributed by atoms with Crippen molar-refractivity contribution in [1.29, 1.82) is 0 Å². The van der Waals surface area contributed by atoms with Gasteiger partial charge < -0.3 is 15.5 Å². The number of aryl methyl sites for hydroxylation is 1. The van der Waals surface area contributed by atoms with E-state index in [9.17, 15) is 4.39 Å². The van der Waals surface area contributed by atoms with Crippen LogP contribution in [0.25, 0.3) is 0 Å². The topological polar surface area (TPSA) is 32.5 Å². The van der Waals surface area contributed by atoms with Crippen LogP contribution in [-0.4, -0.2) is 50.1 Å². The molecule has 0 aliphatic carbocycles. The van der Waals surface area contributed by atoms with Gasteiger partial charge in [-0.25, -0.2) is 4.39 Å².